The van der Waals surface area contributed by atoms with E-state index in [0.29, 0.717) is 13.0 Å². The van der Waals surface area contributed by atoms with Crippen molar-refractivity contribution in [3.05, 3.63) is 59.7 Å². The number of hydrogen-bond donors (Lipinski definition) is 1. The van der Waals surface area contributed by atoms with Gasteiger partial charge in [-0.2, -0.15) is 11.8 Å². The molecule has 2 aromatic carbocycles. The molecule has 23 heavy (non-hydrogen) atoms. The van der Waals surface area contributed by atoms with Gasteiger partial charge in [-0.15, -0.1) is 0 Å². The number of carbonyl (C=O) groups excluding carboxylic acids is 1. The van der Waals surface area contributed by atoms with E-state index in [1.807, 2.05) is 36.4 Å². The van der Waals surface area contributed by atoms with Crippen LogP contribution >= 0.6 is 11.8 Å². The first kappa shape index (κ1) is 15.7. The number of thioether (sulfide) groups is 1. The number of carbonyl (C=O) groups is 1. The van der Waals surface area contributed by atoms with Crippen LogP contribution < -0.4 is 14.8 Å². The SMILES string of the molecule is O=C(CCSCc1ccccc1)NCc1ccc2c(c1)OCO2. The largest absolute Gasteiger partial charge is 0.454 e. The Hall–Kier alpha value is -2.14. The van der Waals surface area contributed by atoms with Gasteiger partial charge in [-0.25, -0.2) is 0 Å². The minimum Gasteiger partial charge on any atom is -0.454 e. The molecule has 0 aromatic heterocycles. The van der Waals surface area contributed by atoms with Gasteiger partial charge in [-0.3, -0.25) is 4.79 Å². The Morgan fingerprint density at radius 1 is 1.04 bits per heavy atom. The highest BCUT2D eigenvalue weighted by molar-refractivity contribution is 7.98. The minimum absolute atomic E-state index is 0.0724. The second-order valence-electron chi connectivity index (χ2n) is 5.25. The highest BCUT2D eigenvalue weighted by Gasteiger charge is 2.13. The maximum absolute atomic E-state index is 11.9. The van der Waals surface area contributed by atoms with E-state index in [4.69, 9.17) is 9.47 Å². The first-order valence-electron chi connectivity index (χ1n) is 7.58. The molecule has 0 radical (unpaired) electrons. The fraction of sp³-hybridized carbons (Fsp3) is 0.278. The number of ether oxygens (including phenoxy) is 2. The molecule has 0 unspecified atom stereocenters. The Labute approximate surface area is 140 Å². The summed E-state index contributed by atoms with van der Waals surface area (Å²) < 4.78 is 10.6. The zero-order valence-corrected chi connectivity index (χ0v) is 13.6. The fourth-order valence-corrected chi connectivity index (χ4v) is 3.17. The molecule has 0 bridgehead atoms. The van der Waals surface area contributed by atoms with Crippen LogP contribution in [0.5, 0.6) is 11.5 Å². The first-order chi connectivity index (χ1) is 11.3. The number of amides is 1. The lowest BCUT2D eigenvalue weighted by atomic mass is 10.2. The van der Waals surface area contributed by atoms with E-state index in [-0.39, 0.29) is 12.7 Å². The minimum atomic E-state index is 0.0724. The Balaban J connectivity index is 1.35. The third-order valence-corrected chi connectivity index (χ3v) is 4.54. The molecule has 0 spiro atoms. The summed E-state index contributed by atoms with van der Waals surface area (Å²) >= 11 is 1.78. The second-order valence-corrected chi connectivity index (χ2v) is 6.36. The highest BCUT2D eigenvalue weighted by Crippen LogP contribution is 2.32. The van der Waals surface area contributed by atoms with Gasteiger partial charge in [0, 0.05) is 24.5 Å². The molecule has 1 heterocycles. The lowest BCUT2D eigenvalue weighted by Crippen LogP contribution is -2.22. The molecule has 1 N–H and O–H groups in total. The predicted octanol–water partition coefficient (Wildman–Crippen LogP) is 3.36. The predicted molar refractivity (Wildman–Crippen MR) is 91.6 cm³/mol. The topological polar surface area (TPSA) is 47.6 Å². The molecule has 0 saturated heterocycles. The maximum Gasteiger partial charge on any atom is 0.231 e. The van der Waals surface area contributed by atoms with Gasteiger partial charge >= 0.3 is 0 Å². The molecule has 2 aromatic rings. The van der Waals surface area contributed by atoms with E-state index in [2.05, 4.69) is 17.4 Å². The van der Waals surface area contributed by atoms with Gasteiger partial charge in [0.2, 0.25) is 12.7 Å². The van der Waals surface area contributed by atoms with Gasteiger partial charge in [0.1, 0.15) is 0 Å². The summed E-state index contributed by atoms with van der Waals surface area (Å²) in [4.78, 5) is 11.9. The smallest absolute Gasteiger partial charge is 0.231 e. The Morgan fingerprint density at radius 3 is 2.74 bits per heavy atom. The first-order valence-corrected chi connectivity index (χ1v) is 8.73. The third kappa shape index (κ3) is 4.66. The van der Waals surface area contributed by atoms with Crippen LogP contribution in [0, 0.1) is 0 Å². The maximum atomic E-state index is 11.9. The van der Waals surface area contributed by atoms with Gasteiger partial charge in [0.15, 0.2) is 11.5 Å². The summed E-state index contributed by atoms with van der Waals surface area (Å²) in [5, 5.41) is 2.94. The zero-order valence-electron chi connectivity index (χ0n) is 12.8. The van der Waals surface area contributed by atoms with Crippen molar-refractivity contribution in [2.75, 3.05) is 12.5 Å². The normalized spacial score (nSPS) is 12.2. The number of fused-ring (bicyclic) bond motifs is 1. The van der Waals surface area contributed by atoms with Crippen molar-refractivity contribution in [3.63, 3.8) is 0 Å². The highest BCUT2D eigenvalue weighted by atomic mass is 32.2. The lowest BCUT2D eigenvalue weighted by molar-refractivity contribution is -0.120. The van der Waals surface area contributed by atoms with Crippen molar-refractivity contribution >= 4 is 17.7 Å². The number of nitrogens with one attached hydrogen (secondary N) is 1. The van der Waals surface area contributed by atoms with E-state index >= 15 is 0 Å². The molecule has 1 aliphatic rings. The molecule has 4 nitrogen and oxygen atoms in total. The molecular formula is C18H19NO3S. The van der Waals surface area contributed by atoms with Gasteiger partial charge in [0.05, 0.1) is 0 Å². The molecule has 0 atom stereocenters. The summed E-state index contributed by atoms with van der Waals surface area (Å²) in [6, 6.07) is 16.0. The molecule has 1 amide bonds. The van der Waals surface area contributed by atoms with Crippen molar-refractivity contribution < 1.29 is 14.3 Å². The molecule has 0 aliphatic carbocycles. The number of hydrogen-bond acceptors (Lipinski definition) is 4. The third-order valence-electron chi connectivity index (χ3n) is 3.51. The van der Waals surface area contributed by atoms with Crippen LogP contribution in [0.1, 0.15) is 17.5 Å². The Bertz CT molecular complexity index is 661. The average molecular weight is 329 g/mol. The second kappa shape index (κ2) is 7.92. The fourth-order valence-electron chi connectivity index (χ4n) is 2.27. The average Bonchev–Trinajstić information content (AvgIpc) is 3.05. The molecule has 0 saturated carbocycles. The van der Waals surface area contributed by atoms with E-state index < -0.39 is 0 Å². The summed E-state index contributed by atoms with van der Waals surface area (Å²) in [6.45, 7) is 0.780. The van der Waals surface area contributed by atoms with Crippen LogP contribution in [0.2, 0.25) is 0 Å². The van der Waals surface area contributed by atoms with Gasteiger partial charge < -0.3 is 14.8 Å². The van der Waals surface area contributed by atoms with E-state index in [1.54, 1.807) is 11.8 Å². The van der Waals surface area contributed by atoms with Gasteiger partial charge in [0.25, 0.3) is 0 Å². The molecule has 5 heteroatoms. The zero-order chi connectivity index (χ0) is 15.9. The molecule has 1 aliphatic heterocycles. The summed E-state index contributed by atoms with van der Waals surface area (Å²) in [7, 11) is 0. The summed E-state index contributed by atoms with van der Waals surface area (Å²) in [6.07, 6.45) is 0.530. The van der Waals surface area contributed by atoms with E-state index in [1.165, 1.54) is 5.56 Å². The Kier molecular flexibility index (Phi) is 5.42. The van der Waals surface area contributed by atoms with Crippen LogP contribution in [-0.4, -0.2) is 18.5 Å². The monoisotopic (exact) mass is 329 g/mol. The summed E-state index contributed by atoms with van der Waals surface area (Å²) in [5.41, 5.74) is 2.30. The molecular weight excluding hydrogens is 310 g/mol. The van der Waals surface area contributed by atoms with Crippen molar-refractivity contribution in [3.8, 4) is 11.5 Å². The van der Waals surface area contributed by atoms with E-state index in [9.17, 15) is 4.79 Å². The molecule has 120 valence electrons. The van der Waals surface area contributed by atoms with Crippen LogP contribution in [0.4, 0.5) is 0 Å². The van der Waals surface area contributed by atoms with Gasteiger partial charge in [-0.05, 0) is 23.3 Å². The van der Waals surface area contributed by atoms with Crippen molar-refractivity contribution in [2.24, 2.45) is 0 Å². The standard InChI is InChI=1S/C18H19NO3S/c20-18(8-9-23-12-14-4-2-1-3-5-14)19-11-15-6-7-16-17(10-15)22-13-21-16/h1-7,10H,8-9,11-13H2,(H,19,20). The van der Waals surface area contributed by atoms with Crippen LogP contribution in [0.15, 0.2) is 48.5 Å². The van der Waals surface area contributed by atoms with E-state index in [0.717, 1.165) is 28.6 Å². The molecule has 0 fully saturated rings. The number of rotatable bonds is 7. The van der Waals surface area contributed by atoms with Crippen LogP contribution in [0.3, 0.4) is 0 Å². The lowest BCUT2D eigenvalue weighted by Gasteiger charge is -2.06. The van der Waals surface area contributed by atoms with Gasteiger partial charge in [-0.1, -0.05) is 36.4 Å². The van der Waals surface area contributed by atoms with Crippen LogP contribution in [0.25, 0.3) is 0 Å². The summed E-state index contributed by atoms with van der Waals surface area (Å²) in [5.74, 6) is 3.34. The Morgan fingerprint density at radius 2 is 1.87 bits per heavy atom. The number of benzene rings is 2. The van der Waals surface area contributed by atoms with Crippen molar-refractivity contribution in [2.45, 2.75) is 18.7 Å². The quantitative estimate of drug-likeness (QED) is 0.791. The molecule has 3 rings (SSSR count). The van der Waals surface area contributed by atoms with Crippen LogP contribution in [-0.2, 0) is 17.1 Å². The van der Waals surface area contributed by atoms with Crippen molar-refractivity contribution in [1.82, 2.24) is 5.32 Å². The van der Waals surface area contributed by atoms with Crippen molar-refractivity contribution in [1.29, 1.82) is 0 Å².